The van der Waals surface area contributed by atoms with Crippen LogP contribution in [0.25, 0.3) is 0 Å². The van der Waals surface area contributed by atoms with Crippen molar-refractivity contribution < 1.29 is 9.90 Å². The van der Waals surface area contributed by atoms with E-state index in [2.05, 4.69) is 6.07 Å². The molecule has 1 saturated heterocycles. The summed E-state index contributed by atoms with van der Waals surface area (Å²) in [4.78, 5) is 16.4. The topological polar surface area (TPSA) is 67.6 Å². The number of aliphatic hydroxyl groups is 1. The molecule has 3 aromatic carbocycles. The number of amides is 2. The molecule has 1 heterocycles. The molecule has 5 nitrogen and oxygen atoms in total. The fraction of sp³-hybridized carbons (Fsp3) is 0.130. The Bertz CT molecular complexity index is 1140. The number of carbonyl (C=O) groups is 1. The van der Waals surface area contributed by atoms with Crippen LogP contribution >= 0.6 is 23.2 Å². The summed E-state index contributed by atoms with van der Waals surface area (Å²) in [5, 5.41) is 22.4. The Labute approximate surface area is 184 Å². The van der Waals surface area contributed by atoms with E-state index in [9.17, 15) is 15.2 Å². The van der Waals surface area contributed by atoms with Gasteiger partial charge in [0.05, 0.1) is 17.7 Å². The maximum atomic E-state index is 13.6. The van der Waals surface area contributed by atoms with Gasteiger partial charge in [0.1, 0.15) is 0 Å². The zero-order valence-corrected chi connectivity index (χ0v) is 17.5. The lowest BCUT2D eigenvalue weighted by atomic mass is 9.93. The van der Waals surface area contributed by atoms with E-state index in [1.54, 1.807) is 79.7 Å². The molecule has 1 aliphatic rings. The van der Waals surface area contributed by atoms with Crippen LogP contribution in [-0.4, -0.2) is 17.2 Å². The minimum Gasteiger partial charge on any atom is -0.365 e. The summed E-state index contributed by atoms with van der Waals surface area (Å²) in [6, 6.07) is 21.2. The number of carbonyl (C=O) groups excluding carboxylic acids is 1. The molecule has 2 amide bonds. The molecule has 0 bridgehead atoms. The van der Waals surface area contributed by atoms with Crippen molar-refractivity contribution in [3.05, 3.63) is 94.0 Å². The molecule has 1 N–H and O–H groups in total. The van der Waals surface area contributed by atoms with Crippen molar-refractivity contribution in [2.75, 3.05) is 9.80 Å². The molecular formula is C23H17Cl2N3O2. The van der Waals surface area contributed by atoms with Crippen molar-refractivity contribution in [2.24, 2.45) is 0 Å². The van der Waals surface area contributed by atoms with Crippen LogP contribution in [0.5, 0.6) is 0 Å². The summed E-state index contributed by atoms with van der Waals surface area (Å²) in [6.45, 7) is 1.77. The van der Waals surface area contributed by atoms with E-state index in [0.29, 0.717) is 32.5 Å². The summed E-state index contributed by atoms with van der Waals surface area (Å²) >= 11 is 12.0. The van der Waals surface area contributed by atoms with Crippen molar-refractivity contribution in [1.29, 1.82) is 5.26 Å². The van der Waals surface area contributed by atoms with E-state index < -0.39 is 17.8 Å². The zero-order chi connectivity index (χ0) is 21.5. The second kappa shape index (κ2) is 7.66. The molecule has 0 radical (unpaired) electrons. The van der Waals surface area contributed by atoms with Gasteiger partial charge in [-0.15, -0.1) is 0 Å². The first-order valence-electron chi connectivity index (χ1n) is 9.24. The Morgan fingerprint density at radius 3 is 2.10 bits per heavy atom. The molecular weight excluding hydrogens is 421 g/mol. The van der Waals surface area contributed by atoms with Gasteiger partial charge in [-0.1, -0.05) is 35.3 Å². The normalized spacial score (nSPS) is 21.0. The average Bonchev–Trinajstić information content (AvgIpc) is 2.96. The van der Waals surface area contributed by atoms with Gasteiger partial charge in [0.25, 0.3) is 0 Å². The van der Waals surface area contributed by atoms with E-state index in [0.717, 1.165) is 0 Å². The molecule has 0 spiro atoms. The van der Waals surface area contributed by atoms with Gasteiger partial charge in [-0.05, 0) is 67.6 Å². The van der Waals surface area contributed by atoms with Crippen LogP contribution in [0.2, 0.25) is 10.0 Å². The fourth-order valence-corrected chi connectivity index (χ4v) is 4.06. The second-order valence-electron chi connectivity index (χ2n) is 7.04. The Morgan fingerprint density at radius 1 is 0.967 bits per heavy atom. The van der Waals surface area contributed by atoms with Crippen LogP contribution in [-0.2, 0) is 5.72 Å². The predicted octanol–water partition coefficient (Wildman–Crippen LogP) is 5.55. The van der Waals surface area contributed by atoms with Gasteiger partial charge >= 0.3 is 6.03 Å². The zero-order valence-electron chi connectivity index (χ0n) is 16.0. The van der Waals surface area contributed by atoms with E-state index in [1.165, 1.54) is 9.80 Å². The number of anilines is 2. The van der Waals surface area contributed by atoms with E-state index in [4.69, 9.17) is 23.2 Å². The third-order valence-electron chi connectivity index (χ3n) is 5.31. The summed E-state index contributed by atoms with van der Waals surface area (Å²) in [7, 11) is 0. The van der Waals surface area contributed by atoms with Crippen LogP contribution in [0.1, 0.15) is 18.1 Å². The highest BCUT2D eigenvalue weighted by Gasteiger charge is 2.56. The van der Waals surface area contributed by atoms with Crippen molar-refractivity contribution in [1.82, 2.24) is 0 Å². The van der Waals surface area contributed by atoms with Gasteiger partial charge in [0.15, 0.2) is 5.72 Å². The lowest BCUT2D eigenvalue weighted by Gasteiger charge is -2.35. The highest BCUT2D eigenvalue weighted by atomic mass is 35.5. The van der Waals surface area contributed by atoms with Gasteiger partial charge in [-0.2, -0.15) is 5.26 Å². The maximum absolute atomic E-state index is 13.6. The lowest BCUT2D eigenvalue weighted by Crippen LogP contribution is -2.48. The van der Waals surface area contributed by atoms with Crippen molar-refractivity contribution in [3.63, 3.8) is 0 Å². The SMILES string of the molecule is CC1N(c2ccc(Cl)cc2)C(=O)N(c2ccc(Cl)cc2)C1(O)c1cccc(C#N)c1. The Balaban J connectivity index is 1.91. The summed E-state index contributed by atoms with van der Waals surface area (Å²) in [6.07, 6.45) is 0. The molecule has 1 fully saturated rings. The Hall–Kier alpha value is -3.04. The number of halogens is 2. The van der Waals surface area contributed by atoms with Crippen LogP contribution in [0.3, 0.4) is 0 Å². The van der Waals surface area contributed by atoms with Crippen LogP contribution in [0, 0.1) is 11.3 Å². The van der Waals surface area contributed by atoms with Gasteiger partial charge in [0.2, 0.25) is 0 Å². The van der Waals surface area contributed by atoms with Gasteiger partial charge < -0.3 is 5.11 Å². The molecule has 4 rings (SSSR count). The third kappa shape index (κ3) is 3.20. The number of nitrogens with zero attached hydrogens (tertiary/aromatic N) is 3. The summed E-state index contributed by atoms with van der Waals surface area (Å²) in [5.74, 6) is 0. The molecule has 2 atom stereocenters. The molecule has 7 heteroatoms. The molecule has 30 heavy (non-hydrogen) atoms. The minimum absolute atomic E-state index is 0.390. The van der Waals surface area contributed by atoms with Crippen LogP contribution < -0.4 is 9.80 Å². The summed E-state index contributed by atoms with van der Waals surface area (Å²) in [5.41, 5.74) is 0.188. The van der Waals surface area contributed by atoms with E-state index in [-0.39, 0.29) is 0 Å². The molecule has 150 valence electrons. The van der Waals surface area contributed by atoms with Gasteiger partial charge in [0, 0.05) is 27.0 Å². The first-order valence-corrected chi connectivity index (χ1v) is 9.99. The van der Waals surface area contributed by atoms with Crippen LogP contribution in [0.15, 0.2) is 72.8 Å². The smallest absolute Gasteiger partial charge is 0.332 e. The van der Waals surface area contributed by atoms with Gasteiger partial charge in [-0.25, -0.2) is 4.79 Å². The van der Waals surface area contributed by atoms with Gasteiger partial charge in [-0.3, -0.25) is 9.80 Å². The Kier molecular flexibility index (Phi) is 5.17. The minimum atomic E-state index is -1.72. The molecule has 3 aromatic rings. The monoisotopic (exact) mass is 437 g/mol. The fourth-order valence-electron chi connectivity index (χ4n) is 3.81. The van der Waals surface area contributed by atoms with E-state index in [1.807, 2.05) is 0 Å². The first-order chi connectivity index (χ1) is 14.4. The largest absolute Gasteiger partial charge is 0.365 e. The third-order valence-corrected chi connectivity index (χ3v) is 5.82. The van der Waals surface area contributed by atoms with Crippen LogP contribution in [0.4, 0.5) is 16.2 Å². The second-order valence-corrected chi connectivity index (χ2v) is 7.91. The number of hydrogen-bond acceptors (Lipinski definition) is 3. The molecule has 2 unspecified atom stereocenters. The molecule has 0 aromatic heterocycles. The number of urea groups is 1. The number of benzene rings is 3. The Morgan fingerprint density at radius 2 is 1.53 bits per heavy atom. The highest BCUT2D eigenvalue weighted by molar-refractivity contribution is 6.31. The number of rotatable bonds is 3. The molecule has 0 aliphatic carbocycles. The number of hydrogen-bond donors (Lipinski definition) is 1. The quantitative estimate of drug-likeness (QED) is 0.584. The van der Waals surface area contributed by atoms with E-state index >= 15 is 0 Å². The predicted molar refractivity (Wildman–Crippen MR) is 118 cm³/mol. The lowest BCUT2D eigenvalue weighted by molar-refractivity contribution is 0.0372. The molecule has 1 aliphatic heterocycles. The van der Waals surface area contributed by atoms with Crippen molar-refractivity contribution in [2.45, 2.75) is 18.7 Å². The maximum Gasteiger partial charge on any atom is 0.332 e. The van der Waals surface area contributed by atoms with Crippen molar-refractivity contribution >= 4 is 40.6 Å². The highest BCUT2D eigenvalue weighted by Crippen LogP contribution is 2.44. The average molecular weight is 438 g/mol. The summed E-state index contributed by atoms with van der Waals surface area (Å²) < 4.78 is 0. The molecule has 0 saturated carbocycles. The standard InChI is InChI=1S/C23H17Cl2N3O2/c1-15-23(30,17-4-2-3-16(13-17)14-26)28(21-11-7-19(25)8-12-21)22(29)27(15)20-9-5-18(24)6-10-20/h2-13,15,30H,1H3. The van der Waals surface area contributed by atoms with Crippen molar-refractivity contribution in [3.8, 4) is 6.07 Å². The first kappa shape index (κ1) is 20.2. The number of nitriles is 1.